The second-order valence-electron chi connectivity index (χ2n) is 4.95. The average Bonchev–Trinajstić information content (AvgIpc) is 3.13. The molecule has 3 nitrogen and oxygen atoms in total. The summed E-state index contributed by atoms with van der Waals surface area (Å²) in [4.78, 5) is 13.0. The molecule has 21 heavy (non-hydrogen) atoms. The van der Waals surface area contributed by atoms with Gasteiger partial charge in [0.05, 0.1) is 10.4 Å². The zero-order valence-corrected chi connectivity index (χ0v) is 12.3. The molecule has 0 fully saturated rings. The zero-order valence-electron chi connectivity index (χ0n) is 11.5. The molecule has 1 aliphatic carbocycles. The number of amides is 1. The monoisotopic (exact) mass is 297 g/mol. The van der Waals surface area contributed by atoms with Gasteiger partial charge < -0.3 is 10.4 Å². The highest BCUT2D eigenvalue weighted by Gasteiger charge is 2.13. The Hall–Kier alpha value is -2.09. The van der Waals surface area contributed by atoms with Gasteiger partial charge in [0.15, 0.2) is 0 Å². The second-order valence-corrected chi connectivity index (χ2v) is 5.86. The number of aryl methyl sites for hydroxylation is 2. The van der Waals surface area contributed by atoms with Crippen LogP contribution in [-0.2, 0) is 12.8 Å². The molecule has 0 unspecified atom stereocenters. The van der Waals surface area contributed by atoms with Crippen LogP contribution < -0.4 is 5.32 Å². The van der Waals surface area contributed by atoms with E-state index in [1.54, 1.807) is 11.4 Å². The van der Waals surface area contributed by atoms with Gasteiger partial charge in [0.1, 0.15) is 6.61 Å². The van der Waals surface area contributed by atoms with E-state index in [0.29, 0.717) is 5.56 Å². The number of fused-ring (bicyclic) bond motifs is 1. The number of hydrogen-bond acceptors (Lipinski definition) is 3. The first-order chi connectivity index (χ1) is 10.3. The average molecular weight is 297 g/mol. The standard InChI is InChI=1S/C17H15NO2S/c19-8-2-5-16-10-14(11-21-16)17(20)18-15-7-6-12-3-1-4-13(12)9-15/h6-7,9-11,19H,1,3-4,8H2,(H,18,20). The highest BCUT2D eigenvalue weighted by Crippen LogP contribution is 2.25. The fourth-order valence-corrected chi connectivity index (χ4v) is 3.26. The van der Waals surface area contributed by atoms with Crippen molar-refractivity contribution < 1.29 is 9.90 Å². The van der Waals surface area contributed by atoms with Gasteiger partial charge in [-0.25, -0.2) is 0 Å². The fourth-order valence-electron chi connectivity index (χ4n) is 2.50. The van der Waals surface area contributed by atoms with Gasteiger partial charge in [-0.15, -0.1) is 11.3 Å². The number of hydrogen-bond donors (Lipinski definition) is 2. The molecule has 0 aliphatic heterocycles. The van der Waals surface area contributed by atoms with E-state index in [2.05, 4.69) is 29.3 Å². The number of nitrogens with one attached hydrogen (secondary N) is 1. The minimum atomic E-state index is -0.172. The molecule has 1 aliphatic rings. The SMILES string of the molecule is O=C(Nc1ccc2c(c1)CCC2)c1csc(C#CCO)c1. The molecule has 4 heteroatoms. The Bertz CT molecular complexity index is 737. The van der Waals surface area contributed by atoms with Gasteiger partial charge in [-0.05, 0) is 48.6 Å². The van der Waals surface area contributed by atoms with Gasteiger partial charge in [0.25, 0.3) is 5.91 Å². The Morgan fingerprint density at radius 1 is 1.29 bits per heavy atom. The van der Waals surface area contributed by atoms with Crippen LogP contribution in [0.2, 0.25) is 0 Å². The summed E-state index contributed by atoms with van der Waals surface area (Å²) < 4.78 is 0. The van der Waals surface area contributed by atoms with Crippen LogP contribution in [0.5, 0.6) is 0 Å². The molecule has 1 aromatic carbocycles. The first kappa shape index (κ1) is 13.9. The highest BCUT2D eigenvalue weighted by atomic mass is 32.1. The van der Waals surface area contributed by atoms with E-state index in [4.69, 9.17) is 5.11 Å². The summed E-state index contributed by atoms with van der Waals surface area (Å²) in [5, 5.41) is 13.4. The van der Waals surface area contributed by atoms with E-state index in [9.17, 15) is 4.79 Å². The summed E-state index contributed by atoms with van der Waals surface area (Å²) in [6.07, 6.45) is 3.43. The lowest BCUT2D eigenvalue weighted by molar-refractivity contribution is 0.102. The Morgan fingerprint density at radius 2 is 2.14 bits per heavy atom. The molecule has 0 saturated carbocycles. The number of thiophene rings is 1. The zero-order chi connectivity index (χ0) is 14.7. The molecule has 1 aromatic heterocycles. The van der Waals surface area contributed by atoms with Gasteiger partial charge in [0.2, 0.25) is 0 Å². The highest BCUT2D eigenvalue weighted by molar-refractivity contribution is 7.10. The van der Waals surface area contributed by atoms with E-state index in [0.717, 1.165) is 23.4 Å². The van der Waals surface area contributed by atoms with E-state index < -0.39 is 0 Å². The predicted octanol–water partition coefficient (Wildman–Crippen LogP) is 2.83. The lowest BCUT2D eigenvalue weighted by Gasteiger charge is -2.06. The fraction of sp³-hybridized carbons (Fsp3) is 0.235. The van der Waals surface area contributed by atoms with Crippen molar-refractivity contribution in [2.24, 2.45) is 0 Å². The largest absolute Gasteiger partial charge is 0.384 e. The lowest BCUT2D eigenvalue weighted by Crippen LogP contribution is -2.11. The number of rotatable bonds is 2. The maximum atomic E-state index is 12.2. The van der Waals surface area contributed by atoms with E-state index in [1.807, 2.05) is 6.07 Å². The van der Waals surface area contributed by atoms with Crippen LogP contribution >= 0.6 is 11.3 Å². The number of benzene rings is 1. The van der Waals surface area contributed by atoms with Crippen molar-refractivity contribution in [3.05, 3.63) is 51.2 Å². The van der Waals surface area contributed by atoms with Crippen molar-refractivity contribution in [3.8, 4) is 11.8 Å². The van der Waals surface area contributed by atoms with Crippen LogP contribution in [0.4, 0.5) is 5.69 Å². The molecule has 2 N–H and O–H groups in total. The molecule has 1 heterocycles. The molecular formula is C17H15NO2S. The topological polar surface area (TPSA) is 49.3 Å². The molecule has 0 saturated heterocycles. The van der Waals surface area contributed by atoms with Crippen LogP contribution in [0.25, 0.3) is 0 Å². The number of carbonyl (C=O) groups excluding carboxylic acids is 1. The third-order valence-electron chi connectivity index (χ3n) is 3.51. The van der Waals surface area contributed by atoms with Crippen LogP contribution in [0.1, 0.15) is 32.8 Å². The van der Waals surface area contributed by atoms with Crippen molar-refractivity contribution in [2.45, 2.75) is 19.3 Å². The van der Waals surface area contributed by atoms with Crippen molar-refractivity contribution in [1.82, 2.24) is 0 Å². The van der Waals surface area contributed by atoms with Gasteiger partial charge in [-0.3, -0.25) is 4.79 Å². The normalized spacial score (nSPS) is 12.4. The van der Waals surface area contributed by atoms with Crippen molar-refractivity contribution in [2.75, 3.05) is 11.9 Å². The Kier molecular flexibility index (Phi) is 4.05. The van der Waals surface area contributed by atoms with Gasteiger partial charge in [-0.2, -0.15) is 0 Å². The summed E-state index contributed by atoms with van der Waals surface area (Å²) in [7, 11) is 0. The van der Waals surface area contributed by atoms with Gasteiger partial charge in [-0.1, -0.05) is 17.9 Å². The summed E-state index contributed by atoms with van der Waals surface area (Å²) in [6, 6.07) is 7.87. The number of anilines is 1. The maximum Gasteiger partial charge on any atom is 0.256 e. The van der Waals surface area contributed by atoms with Crippen molar-refractivity contribution in [1.29, 1.82) is 0 Å². The third kappa shape index (κ3) is 3.15. The van der Waals surface area contributed by atoms with Gasteiger partial charge in [0, 0.05) is 11.1 Å². The molecule has 3 rings (SSSR count). The number of aliphatic hydroxyl groups excluding tert-OH is 1. The van der Waals surface area contributed by atoms with Crippen LogP contribution in [0.15, 0.2) is 29.6 Å². The third-order valence-corrected chi connectivity index (χ3v) is 4.35. The minimum Gasteiger partial charge on any atom is -0.384 e. The van der Waals surface area contributed by atoms with E-state index in [-0.39, 0.29) is 12.5 Å². The first-order valence-electron chi connectivity index (χ1n) is 6.87. The smallest absolute Gasteiger partial charge is 0.256 e. The van der Waals surface area contributed by atoms with Gasteiger partial charge >= 0.3 is 0 Å². The summed E-state index contributed by atoms with van der Waals surface area (Å²) in [5.74, 6) is 5.26. The first-order valence-corrected chi connectivity index (χ1v) is 7.75. The molecule has 1 amide bonds. The lowest BCUT2D eigenvalue weighted by atomic mass is 10.1. The summed E-state index contributed by atoms with van der Waals surface area (Å²) in [5.41, 5.74) is 4.18. The summed E-state index contributed by atoms with van der Waals surface area (Å²) in [6.45, 7) is -0.172. The molecule has 0 atom stereocenters. The number of aliphatic hydroxyl groups is 1. The van der Waals surface area contributed by atoms with E-state index >= 15 is 0 Å². The molecule has 0 spiro atoms. The molecule has 0 radical (unpaired) electrons. The maximum absolute atomic E-state index is 12.2. The number of carbonyl (C=O) groups is 1. The Balaban J connectivity index is 1.72. The van der Waals surface area contributed by atoms with Crippen molar-refractivity contribution >= 4 is 22.9 Å². The molecule has 2 aromatic rings. The summed E-state index contributed by atoms with van der Waals surface area (Å²) >= 11 is 1.40. The minimum absolute atomic E-state index is 0.124. The second kappa shape index (κ2) is 6.13. The Morgan fingerprint density at radius 3 is 3.00 bits per heavy atom. The van der Waals surface area contributed by atoms with Crippen molar-refractivity contribution in [3.63, 3.8) is 0 Å². The van der Waals surface area contributed by atoms with Crippen LogP contribution in [0.3, 0.4) is 0 Å². The van der Waals surface area contributed by atoms with E-state index in [1.165, 1.54) is 28.9 Å². The quantitative estimate of drug-likeness (QED) is 0.837. The van der Waals surface area contributed by atoms with Crippen LogP contribution in [-0.4, -0.2) is 17.6 Å². The molecule has 0 bridgehead atoms. The predicted molar refractivity (Wildman–Crippen MR) is 84.7 cm³/mol. The molecule has 106 valence electrons. The Labute approximate surface area is 127 Å². The molecular weight excluding hydrogens is 282 g/mol. The van der Waals surface area contributed by atoms with Crippen LogP contribution in [0, 0.1) is 11.8 Å².